The van der Waals surface area contributed by atoms with Crippen LogP contribution in [-0.2, 0) is 16.1 Å². The number of carbonyl (C=O) groups excluding carboxylic acids is 1. The van der Waals surface area contributed by atoms with E-state index in [4.69, 9.17) is 14.2 Å². The van der Waals surface area contributed by atoms with Gasteiger partial charge in [-0.3, -0.25) is 10.1 Å². The molecule has 0 amide bonds. The number of carbonyl (C=O) groups is 1. The third kappa shape index (κ3) is 5.35. The lowest BCUT2D eigenvalue weighted by molar-refractivity contribution is -0.385. The Balaban J connectivity index is 1.59. The number of cyclic esters (lactones) is 1. The zero-order valence-corrected chi connectivity index (χ0v) is 19.0. The molecule has 1 aliphatic rings. The first-order valence-electron chi connectivity index (χ1n) is 10.8. The minimum atomic E-state index is -0.671. The van der Waals surface area contributed by atoms with Crippen LogP contribution in [0.2, 0.25) is 0 Å². The van der Waals surface area contributed by atoms with E-state index in [0.29, 0.717) is 40.4 Å². The molecule has 0 aliphatic carbocycles. The Hall–Kier alpha value is -4.53. The highest BCUT2D eigenvalue weighted by molar-refractivity contribution is 6.13. The average Bonchev–Trinajstić information content (AvgIpc) is 3.18. The number of esters is 1. The van der Waals surface area contributed by atoms with Gasteiger partial charge < -0.3 is 14.2 Å². The van der Waals surface area contributed by atoms with Crippen molar-refractivity contribution in [3.8, 4) is 11.5 Å². The molecule has 0 unspecified atom stereocenters. The Morgan fingerprint density at radius 2 is 1.89 bits per heavy atom. The molecule has 0 saturated carbocycles. The fourth-order valence-corrected chi connectivity index (χ4v) is 3.52. The van der Waals surface area contributed by atoms with Gasteiger partial charge in [-0.15, -0.1) is 0 Å². The van der Waals surface area contributed by atoms with Gasteiger partial charge in [-0.1, -0.05) is 24.3 Å². The van der Waals surface area contributed by atoms with Gasteiger partial charge in [-0.2, -0.15) is 0 Å². The summed E-state index contributed by atoms with van der Waals surface area (Å²) >= 11 is 0. The average molecular weight is 476 g/mol. The van der Waals surface area contributed by atoms with Crippen LogP contribution >= 0.6 is 0 Å². The number of benzene rings is 3. The van der Waals surface area contributed by atoms with E-state index in [1.807, 2.05) is 6.92 Å². The topological polar surface area (TPSA) is 100 Å². The number of ether oxygens (including phenoxy) is 3. The summed E-state index contributed by atoms with van der Waals surface area (Å²) < 4.78 is 30.2. The minimum Gasteiger partial charge on any atom is -0.490 e. The molecule has 35 heavy (non-hydrogen) atoms. The summed E-state index contributed by atoms with van der Waals surface area (Å²) in [6.45, 7) is 3.93. The van der Waals surface area contributed by atoms with Gasteiger partial charge in [0, 0.05) is 17.2 Å². The predicted octanol–water partition coefficient (Wildman–Crippen LogP) is 5.36. The lowest BCUT2D eigenvalue weighted by Crippen LogP contribution is -2.08. The first kappa shape index (κ1) is 23.6. The molecule has 0 radical (unpaired) electrons. The van der Waals surface area contributed by atoms with E-state index in [2.05, 4.69) is 4.99 Å². The highest BCUT2D eigenvalue weighted by Gasteiger charge is 2.27. The van der Waals surface area contributed by atoms with Crippen LogP contribution in [-0.4, -0.2) is 23.4 Å². The van der Waals surface area contributed by atoms with Gasteiger partial charge in [0.2, 0.25) is 5.90 Å². The van der Waals surface area contributed by atoms with E-state index in [-0.39, 0.29) is 29.7 Å². The Morgan fingerprint density at radius 3 is 2.63 bits per heavy atom. The summed E-state index contributed by atoms with van der Waals surface area (Å²) in [5, 5.41) is 11.2. The van der Waals surface area contributed by atoms with Crippen molar-refractivity contribution in [3.63, 3.8) is 0 Å². The predicted molar refractivity (Wildman–Crippen MR) is 127 cm³/mol. The quantitative estimate of drug-likeness (QED) is 0.188. The SMILES string of the molecule is CCOc1cc(/C=C2\N=C(c3cccc([N+](=O)[O-])c3C)OC2=O)ccc1OCc1cccc(F)c1. The van der Waals surface area contributed by atoms with Crippen molar-refractivity contribution in [3.05, 3.63) is 105 Å². The Morgan fingerprint density at radius 1 is 1.09 bits per heavy atom. The van der Waals surface area contributed by atoms with Crippen LogP contribution in [0.5, 0.6) is 11.5 Å². The maximum Gasteiger partial charge on any atom is 0.363 e. The number of hydrogen-bond acceptors (Lipinski definition) is 7. The molecule has 8 nitrogen and oxygen atoms in total. The number of nitro groups is 1. The molecule has 9 heteroatoms. The van der Waals surface area contributed by atoms with E-state index in [0.717, 1.165) is 0 Å². The van der Waals surface area contributed by atoms with Crippen molar-refractivity contribution in [1.82, 2.24) is 0 Å². The maximum atomic E-state index is 13.4. The minimum absolute atomic E-state index is 0.00234. The molecule has 0 bridgehead atoms. The summed E-state index contributed by atoms with van der Waals surface area (Å²) in [6.07, 6.45) is 1.53. The molecule has 0 N–H and O–H groups in total. The number of hydrogen-bond donors (Lipinski definition) is 0. The van der Waals surface area contributed by atoms with Crippen molar-refractivity contribution in [2.24, 2.45) is 4.99 Å². The Kier molecular flexibility index (Phi) is 6.86. The summed E-state index contributed by atoms with van der Waals surface area (Å²) in [5.74, 6) is -0.105. The summed E-state index contributed by atoms with van der Waals surface area (Å²) in [5.41, 5.74) is 1.95. The molecule has 0 fully saturated rings. The molecule has 178 valence electrons. The smallest absolute Gasteiger partial charge is 0.363 e. The highest BCUT2D eigenvalue weighted by atomic mass is 19.1. The number of nitro benzene ring substituents is 1. The fourth-order valence-electron chi connectivity index (χ4n) is 3.52. The van der Waals surface area contributed by atoms with Crippen LogP contribution in [0, 0.1) is 22.9 Å². The van der Waals surface area contributed by atoms with Gasteiger partial charge >= 0.3 is 5.97 Å². The monoisotopic (exact) mass is 476 g/mol. The third-order valence-corrected chi connectivity index (χ3v) is 5.21. The van der Waals surface area contributed by atoms with Gasteiger partial charge in [-0.25, -0.2) is 14.2 Å². The Labute approximate surface area is 200 Å². The molecule has 3 aromatic carbocycles. The standard InChI is InChI=1S/C26H21FN2O6/c1-3-33-24-14-17(10-11-23(24)34-15-18-6-4-7-19(27)12-18)13-21-26(30)35-25(28-21)20-8-5-9-22(16(20)2)29(31)32/h4-14H,3,15H2,1-2H3/b21-13-. The molecular formula is C26H21FN2O6. The molecule has 0 spiro atoms. The third-order valence-electron chi connectivity index (χ3n) is 5.21. The van der Waals surface area contributed by atoms with Crippen LogP contribution in [0.3, 0.4) is 0 Å². The normalized spacial score (nSPS) is 14.0. The van der Waals surface area contributed by atoms with Crippen molar-refractivity contribution in [2.45, 2.75) is 20.5 Å². The van der Waals surface area contributed by atoms with Crippen LogP contribution in [0.25, 0.3) is 6.08 Å². The second-order valence-corrected chi connectivity index (χ2v) is 7.60. The summed E-state index contributed by atoms with van der Waals surface area (Å²) in [4.78, 5) is 27.4. The number of rotatable bonds is 8. The van der Waals surface area contributed by atoms with Crippen LogP contribution in [0.4, 0.5) is 10.1 Å². The summed E-state index contributed by atoms with van der Waals surface area (Å²) in [6, 6.07) is 15.7. The van der Waals surface area contributed by atoms with E-state index in [1.165, 1.54) is 30.3 Å². The second-order valence-electron chi connectivity index (χ2n) is 7.60. The van der Waals surface area contributed by atoms with Gasteiger partial charge in [0.25, 0.3) is 5.69 Å². The second kappa shape index (κ2) is 10.2. The van der Waals surface area contributed by atoms with Crippen molar-refractivity contribution < 1.29 is 28.3 Å². The van der Waals surface area contributed by atoms with Crippen molar-refractivity contribution in [1.29, 1.82) is 0 Å². The molecule has 0 saturated heterocycles. The van der Waals surface area contributed by atoms with Crippen molar-refractivity contribution in [2.75, 3.05) is 6.61 Å². The largest absolute Gasteiger partial charge is 0.490 e. The number of nitrogens with zero attached hydrogens (tertiary/aromatic N) is 2. The number of halogens is 1. The lowest BCUT2D eigenvalue weighted by Gasteiger charge is -2.13. The molecule has 4 rings (SSSR count). The van der Waals surface area contributed by atoms with Gasteiger partial charge in [0.05, 0.1) is 11.5 Å². The maximum absolute atomic E-state index is 13.4. The van der Waals surface area contributed by atoms with Crippen LogP contribution in [0.1, 0.15) is 29.2 Å². The van der Waals surface area contributed by atoms with Crippen LogP contribution < -0.4 is 9.47 Å². The lowest BCUT2D eigenvalue weighted by atomic mass is 10.1. The molecule has 0 atom stereocenters. The van der Waals surface area contributed by atoms with E-state index in [9.17, 15) is 19.3 Å². The molecule has 1 aliphatic heterocycles. The molecule has 0 aromatic heterocycles. The molecular weight excluding hydrogens is 455 g/mol. The molecule has 1 heterocycles. The van der Waals surface area contributed by atoms with E-state index < -0.39 is 10.9 Å². The Bertz CT molecular complexity index is 1370. The van der Waals surface area contributed by atoms with Crippen molar-refractivity contribution >= 4 is 23.6 Å². The number of aliphatic imine (C=N–C) groups is 1. The zero-order chi connectivity index (χ0) is 24.9. The van der Waals surface area contributed by atoms with Crippen LogP contribution in [0.15, 0.2) is 71.4 Å². The first-order chi connectivity index (χ1) is 16.9. The van der Waals surface area contributed by atoms with E-state index in [1.54, 1.807) is 43.3 Å². The van der Waals surface area contributed by atoms with Gasteiger partial charge in [0.15, 0.2) is 17.2 Å². The van der Waals surface area contributed by atoms with Gasteiger partial charge in [-0.05, 0) is 61.4 Å². The molecule has 3 aromatic rings. The fraction of sp³-hybridized carbons (Fsp3) is 0.154. The van der Waals surface area contributed by atoms with Gasteiger partial charge in [0.1, 0.15) is 12.4 Å². The highest BCUT2D eigenvalue weighted by Crippen LogP contribution is 2.31. The van der Waals surface area contributed by atoms with E-state index >= 15 is 0 Å². The zero-order valence-electron chi connectivity index (χ0n) is 19.0. The first-order valence-corrected chi connectivity index (χ1v) is 10.8. The summed E-state index contributed by atoms with van der Waals surface area (Å²) in [7, 11) is 0.